The minimum atomic E-state index is -1.23. The van der Waals surface area contributed by atoms with Gasteiger partial charge in [0.05, 0.1) is 11.4 Å². The summed E-state index contributed by atoms with van der Waals surface area (Å²) in [5.41, 5.74) is 0.0988. The van der Waals surface area contributed by atoms with Gasteiger partial charge in [-0.2, -0.15) is 0 Å². The topological polar surface area (TPSA) is 46.5 Å². The van der Waals surface area contributed by atoms with Gasteiger partial charge in [-0.1, -0.05) is 36.0 Å². The van der Waals surface area contributed by atoms with Crippen LogP contribution in [0, 0.1) is 5.41 Å². The van der Waals surface area contributed by atoms with Crippen molar-refractivity contribution in [2.24, 2.45) is 10.4 Å². The molecule has 2 aliphatic rings. The molecule has 0 bridgehead atoms. The van der Waals surface area contributed by atoms with E-state index in [-0.39, 0.29) is 0 Å². The molecule has 1 aromatic carbocycles. The van der Waals surface area contributed by atoms with Crippen molar-refractivity contribution in [3.05, 3.63) is 47.4 Å². The molecule has 0 fully saturated rings. The van der Waals surface area contributed by atoms with Gasteiger partial charge in [-0.3, -0.25) is 0 Å². The Bertz CT molecular complexity index is 620. The predicted octanol–water partition coefficient (Wildman–Crippen LogP) is 2.70. The third-order valence-electron chi connectivity index (χ3n) is 2.97. The van der Waals surface area contributed by atoms with Gasteiger partial charge in [-0.25, -0.2) is 4.99 Å². The monoisotopic (exact) mass is 255 g/mol. The van der Waals surface area contributed by atoms with Gasteiger partial charge in [-0.15, -0.1) is 0 Å². The summed E-state index contributed by atoms with van der Waals surface area (Å²) in [6, 6.07) is 7.69. The molecule has 4 heteroatoms. The number of carbonyl (C=O) groups is 2. The number of carbonyl (C=O) groups excluding carboxylic acids is 2. The Morgan fingerprint density at radius 2 is 1.94 bits per heavy atom. The predicted molar refractivity (Wildman–Crippen MR) is 71.2 cm³/mol. The van der Waals surface area contributed by atoms with Crippen molar-refractivity contribution >= 4 is 35.7 Å². The first-order chi connectivity index (χ1) is 8.79. The molecule has 3 rings (SSSR count). The molecule has 0 saturated heterocycles. The van der Waals surface area contributed by atoms with E-state index in [4.69, 9.17) is 0 Å². The third kappa shape index (κ3) is 1.49. The Balaban J connectivity index is 2.22. The largest absolute Gasteiger partial charge is 0.301 e. The molecule has 18 heavy (non-hydrogen) atoms. The van der Waals surface area contributed by atoms with Crippen molar-refractivity contribution in [3.8, 4) is 0 Å². The first-order valence-electron chi connectivity index (χ1n) is 5.48. The van der Waals surface area contributed by atoms with Crippen molar-refractivity contribution in [2.45, 2.75) is 4.90 Å². The molecule has 3 nitrogen and oxygen atoms in total. The van der Waals surface area contributed by atoms with E-state index < -0.39 is 5.41 Å². The Hall–Kier alpha value is -1.94. The fraction of sp³-hybridized carbons (Fsp3) is 0.0714. The molecule has 0 N–H and O–H groups in total. The number of nitrogens with zero attached hydrogens (tertiary/aromatic N) is 1. The van der Waals surface area contributed by atoms with Crippen LogP contribution in [0.2, 0.25) is 0 Å². The van der Waals surface area contributed by atoms with Crippen LogP contribution in [0.25, 0.3) is 0 Å². The van der Waals surface area contributed by atoms with E-state index in [9.17, 15) is 9.59 Å². The Morgan fingerprint density at radius 1 is 1.17 bits per heavy atom. The quantitative estimate of drug-likeness (QED) is 0.603. The van der Waals surface area contributed by atoms with Crippen LogP contribution in [0.1, 0.15) is 0 Å². The normalized spacial score (nSPS) is 19.1. The zero-order valence-electron chi connectivity index (χ0n) is 9.37. The lowest BCUT2D eigenvalue weighted by molar-refractivity contribution is -0.120. The molecule has 0 radical (unpaired) electrons. The summed E-state index contributed by atoms with van der Waals surface area (Å²) in [5, 5.41) is 0. The van der Waals surface area contributed by atoms with Gasteiger partial charge in [0.25, 0.3) is 0 Å². The second-order valence-corrected chi connectivity index (χ2v) is 5.17. The smallest absolute Gasteiger partial charge is 0.143 e. The molecule has 1 aliphatic heterocycles. The van der Waals surface area contributed by atoms with E-state index >= 15 is 0 Å². The number of thioether (sulfide) groups is 1. The lowest BCUT2D eigenvalue weighted by Crippen LogP contribution is -2.35. The number of para-hydroxylation sites is 1. The van der Waals surface area contributed by atoms with Crippen molar-refractivity contribution in [3.63, 3.8) is 0 Å². The molecular formula is C14H9NO2S. The fourth-order valence-electron chi connectivity index (χ4n) is 1.99. The summed E-state index contributed by atoms with van der Waals surface area (Å²) in [5.74, 6) is 0. The van der Waals surface area contributed by atoms with E-state index in [2.05, 4.69) is 4.99 Å². The van der Waals surface area contributed by atoms with E-state index in [1.807, 2.05) is 30.3 Å². The van der Waals surface area contributed by atoms with Crippen LogP contribution in [0.3, 0.4) is 0 Å². The average Bonchev–Trinajstić information content (AvgIpc) is 2.44. The molecule has 1 heterocycles. The highest BCUT2D eigenvalue weighted by molar-refractivity contribution is 8.04. The molecule has 0 saturated carbocycles. The zero-order chi connectivity index (χ0) is 12.6. The molecule has 0 spiro atoms. The molecule has 0 unspecified atom stereocenters. The average molecular weight is 255 g/mol. The van der Waals surface area contributed by atoms with Crippen molar-refractivity contribution in [2.75, 3.05) is 0 Å². The molecule has 0 amide bonds. The van der Waals surface area contributed by atoms with Gasteiger partial charge in [0.2, 0.25) is 0 Å². The number of allylic oxidation sites excluding steroid dienone is 4. The summed E-state index contributed by atoms with van der Waals surface area (Å²) in [7, 11) is 0. The summed E-state index contributed by atoms with van der Waals surface area (Å²) in [6.07, 6.45) is 6.50. The molecule has 1 aromatic rings. The van der Waals surface area contributed by atoms with Crippen LogP contribution < -0.4 is 0 Å². The van der Waals surface area contributed by atoms with Crippen LogP contribution in [0.5, 0.6) is 0 Å². The number of hydrogen-bond donors (Lipinski definition) is 0. The van der Waals surface area contributed by atoms with Gasteiger partial charge in [0.15, 0.2) is 0 Å². The lowest BCUT2D eigenvalue weighted by Gasteiger charge is -2.28. The highest BCUT2D eigenvalue weighted by Crippen LogP contribution is 2.44. The summed E-state index contributed by atoms with van der Waals surface area (Å²) in [4.78, 5) is 28.9. The van der Waals surface area contributed by atoms with Crippen LogP contribution in [-0.2, 0) is 9.59 Å². The molecule has 1 aliphatic carbocycles. The standard InChI is InChI=1S/C14H9NO2S/c16-8-14(9-17)7-3-6-12-13(14)15-10-4-1-2-5-11(10)18-12/h1-9H. The number of aliphatic imine (C=N–C) groups is 1. The first-order valence-corrected chi connectivity index (χ1v) is 6.29. The Kier molecular flexibility index (Phi) is 2.52. The number of hydrogen-bond acceptors (Lipinski definition) is 4. The van der Waals surface area contributed by atoms with Crippen LogP contribution in [0.4, 0.5) is 5.69 Å². The van der Waals surface area contributed by atoms with Gasteiger partial charge >= 0.3 is 0 Å². The number of fused-ring (bicyclic) bond motifs is 2. The number of aldehydes is 2. The van der Waals surface area contributed by atoms with E-state index in [1.165, 1.54) is 11.8 Å². The maximum absolute atomic E-state index is 11.3. The van der Waals surface area contributed by atoms with Crippen molar-refractivity contribution in [1.29, 1.82) is 0 Å². The maximum atomic E-state index is 11.3. The van der Waals surface area contributed by atoms with Crippen LogP contribution in [-0.4, -0.2) is 18.3 Å². The molecule has 88 valence electrons. The minimum absolute atomic E-state index is 0.527. The van der Waals surface area contributed by atoms with Gasteiger partial charge in [-0.05, 0) is 18.2 Å². The molecule has 0 atom stereocenters. The van der Waals surface area contributed by atoms with Gasteiger partial charge in [0.1, 0.15) is 18.0 Å². The number of rotatable bonds is 2. The second kappa shape index (κ2) is 4.07. The van der Waals surface area contributed by atoms with E-state index in [0.717, 1.165) is 15.5 Å². The first kappa shape index (κ1) is 11.2. The minimum Gasteiger partial charge on any atom is -0.301 e. The summed E-state index contributed by atoms with van der Waals surface area (Å²) in [6.45, 7) is 0. The fourth-order valence-corrected chi connectivity index (χ4v) is 3.06. The second-order valence-electron chi connectivity index (χ2n) is 4.09. The SMILES string of the molecule is O=CC1(C=O)C=CC=C2Sc3ccccc3N=C21. The van der Waals surface area contributed by atoms with Crippen LogP contribution in [0.15, 0.2) is 57.3 Å². The molecular weight excluding hydrogens is 246 g/mol. The third-order valence-corrected chi connectivity index (χ3v) is 4.09. The van der Waals surface area contributed by atoms with Crippen molar-refractivity contribution in [1.82, 2.24) is 0 Å². The van der Waals surface area contributed by atoms with Gasteiger partial charge in [0, 0.05) is 9.80 Å². The lowest BCUT2D eigenvalue weighted by atomic mass is 9.82. The summed E-state index contributed by atoms with van der Waals surface area (Å²) >= 11 is 1.54. The molecule has 0 aromatic heterocycles. The van der Waals surface area contributed by atoms with E-state index in [0.29, 0.717) is 18.3 Å². The number of benzene rings is 1. The van der Waals surface area contributed by atoms with E-state index in [1.54, 1.807) is 12.2 Å². The van der Waals surface area contributed by atoms with Gasteiger partial charge < -0.3 is 9.59 Å². The summed E-state index contributed by atoms with van der Waals surface area (Å²) < 4.78 is 0. The zero-order valence-corrected chi connectivity index (χ0v) is 10.2. The maximum Gasteiger partial charge on any atom is 0.143 e. The Labute approximate surface area is 108 Å². The highest BCUT2D eigenvalue weighted by Gasteiger charge is 2.38. The van der Waals surface area contributed by atoms with Crippen LogP contribution >= 0.6 is 11.8 Å². The highest BCUT2D eigenvalue weighted by atomic mass is 32.2. The Morgan fingerprint density at radius 3 is 2.72 bits per heavy atom. The van der Waals surface area contributed by atoms with Crippen molar-refractivity contribution < 1.29 is 9.59 Å².